The molecule has 23 heavy (non-hydrogen) atoms. The number of nitrogens with one attached hydrogen (secondary N) is 1. The molecule has 1 aromatic heterocycles. The first-order valence-corrected chi connectivity index (χ1v) is 7.46. The van der Waals surface area contributed by atoms with Crippen molar-refractivity contribution in [1.29, 1.82) is 0 Å². The molecule has 0 aliphatic heterocycles. The monoisotopic (exact) mass is 316 g/mol. The maximum atomic E-state index is 12.2. The van der Waals surface area contributed by atoms with Crippen molar-refractivity contribution < 1.29 is 19.1 Å². The number of ether oxygens (including phenoxy) is 2. The van der Waals surface area contributed by atoms with Gasteiger partial charge < -0.3 is 20.2 Å². The zero-order valence-electron chi connectivity index (χ0n) is 13.2. The van der Waals surface area contributed by atoms with E-state index in [2.05, 4.69) is 4.98 Å². The number of anilines is 1. The van der Waals surface area contributed by atoms with Crippen LogP contribution in [0.3, 0.4) is 0 Å². The number of rotatable bonds is 6. The van der Waals surface area contributed by atoms with Gasteiger partial charge in [-0.2, -0.15) is 0 Å². The van der Waals surface area contributed by atoms with Gasteiger partial charge in [0.05, 0.1) is 31.0 Å². The quantitative estimate of drug-likeness (QED) is 0.799. The minimum absolute atomic E-state index is 0.0704. The van der Waals surface area contributed by atoms with Crippen LogP contribution in [0.1, 0.15) is 29.9 Å². The second-order valence-electron chi connectivity index (χ2n) is 4.84. The van der Waals surface area contributed by atoms with E-state index in [0.29, 0.717) is 11.4 Å². The molecule has 3 N–H and O–H groups in total. The van der Waals surface area contributed by atoms with Gasteiger partial charge in [-0.3, -0.25) is 4.79 Å². The molecule has 0 fully saturated rings. The Bertz CT molecular complexity index is 692. The average molecular weight is 316 g/mol. The molecule has 1 heterocycles. The summed E-state index contributed by atoms with van der Waals surface area (Å²) in [4.78, 5) is 27.0. The number of aromatic nitrogens is 1. The molecule has 6 heteroatoms. The number of carbonyl (C=O) groups excluding carboxylic acids is 2. The zero-order valence-corrected chi connectivity index (χ0v) is 13.2. The van der Waals surface area contributed by atoms with Crippen LogP contribution in [0, 0.1) is 0 Å². The van der Waals surface area contributed by atoms with E-state index in [1.54, 1.807) is 13.8 Å². The van der Waals surface area contributed by atoms with Crippen LogP contribution in [-0.4, -0.2) is 30.1 Å². The van der Waals surface area contributed by atoms with E-state index in [1.165, 1.54) is 0 Å². The van der Waals surface area contributed by atoms with Crippen LogP contribution < -0.4 is 5.73 Å². The number of hydrogen-bond donors (Lipinski definition) is 2. The average Bonchev–Trinajstić information content (AvgIpc) is 2.85. The lowest BCUT2D eigenvalue weighted by Gasteiger charge is -2.05. The summed E-state index contributed by atoms with van der Waals surface area (Å²) in [6.45, 7) is 3.94. The van der Waals surface area contributed by atoms with E-state index >= 15 is 0 Å². The third kappa shape index (κ3) is 3.71. The Morgan fingerprint density at radius 3 is 2.35 bits per heavy atom. The first kappa shape index (κ1) is 16.6. The molecule has 122 valence electrons. The van der Waals surface area contributed by atoms with Gasteiger partial charge >= 0.3 is 11.9 Å². The van der Waals surface area contributed by atoms with Gasteiger partial charge in [-0.05, 0) is 13.8 Å². The zero-order chi connectivity index (χ0) is 16.8. The topological polar surface area (TPSA) is 94.4 Å². The third-order valence-corrected chi connectivity index (χ3v) is 3.28. The summed E-state index contributed by atoms with van der Waals surface area (Å²) < 4.78 is 9.99. The van der Waals surface area contributed by atoms with E-state index in [4.69, 9.17) is 15.2 Å². The molecule has 2 aromatic rings. The summed E-state index contributed by atoms with van der Waals surface area (Å²) in [5.41, 5.74) is 8.41. The van der Waals surface area contributed by atoms with Crippen molar-refractivity contribution in [2.24, 2.45) is 0 Å². The molecular weight excluding hydrogens is 296 g/mol. The van der Waals surface area contributed by atoms with E-state index in [1.807, 2.05) is 30.3 Å². The number of nitrogen functional groups attached to an aromatic ring is 1. The lowest BCUT2D eigenvalue weighted by molar-refractivity contribution is -0.142. The summed E-state index contributed by atoms with van der Waals surface area (Å²) >= 11 is 0. The number of hydrogen-bond acceptors (Lipinski definition) is 5. The Labute approximate surface area is 134 Å². The van der Waals surface area contributed by atoms with Crippen LogP contribution in [0.2, 0.25) is 0 Å². The predicted molar refractivity (Wildman–Crippen MR) is 86.9 cm³/mol. The molecule has 0 saturated heterocycles. The largest absolute Gasteiger partial charge is 0.466 e. The Hall–Kier alpha value is -2.76. The van der Waals surface area contributed by atoms with Crippen LogP contribution in [0.5, 0.6) is 0 Å². The Kier molecular flexibility index (Phi) is 5.41. The van der Waals surface area contributed by atoms with Crippen molar-refractivity contribution in [2.45, 2.75) is 20.3 Å². The van der Waals surface area contributed by atoms with Crippen molar-refractivity contribution in [2.75, 3.05) is 18.9 Å². The third-order valence-electron chi connectivity index (χ3n) is 3.28. The Morgan fingerprint density at radius 2 is 1.74 bits per heavy atom. The summed E-state index contributed by atoms with van der Waals surface area (Å²) in [5, 5.41) is 0. The normalized spacial score (nSPS) is 10.3. The fourth-order valence-electron chi connectivity index (χ4n) is 2.33. The summed E-state index contributed by atoms with van der Waals surface area (Å²) in [5.74, 6) is -0.985. The molecule has 0 unspecified atom stereocenters. The van der Waals surface area contributed by atoms with Crippen LogP contribution >= 0.6 is 0 Å². The summed E-state index contributed by atoms with van der Waals surface area (Å²) in [6.07, 6.45) is -0.0704. The summed E-state index contributed by atoms with van der Waals surface area (Å²) in [6, 6.07) is 9.35. The molecule has 0 spiro atoms. The van der Waals surface area contributed by atoms with Crippen molar-refractivity contribution >= 4 is 17.6 Å². The van der Waals surface area contributed by atoms with Crippen LogP contribution in [0.25, 0.3) is 11.3 Å². The van der Waals surface area contributed by atoms with Crippen molar-refractivity contribution in [1.82, 2.24) is 4.98 Å². The van der Waals surface area contributed by atoms with Gasteiger partial charge in [0.1, 0.15) is 5.56 Å². The molecular formula is C17H20N2O4. The summed E-state index contributed by atoms with van der Waals surface area (Å²) in [7, 11) is 0. The first-order chi connectivity index (χ1) is 11.1. The van der Waals surface area contributed by atoms with Crippen molar-refractivity contribution in [3.05, 3.63) is 41.6 Å². The maximum Gasteiger partial charge on any atom is 0.342 e. The van der Waals surface area contributed by atoms with E-state index in [0.717, 1.165) is 5.56 Å². The van der Waals surface area contributed by atoms with Crippen LogP contribution in [-0.2, 0) is 20.7 Å². The van der Waals surface area contributed by atoms with Gasteiger partial charge in [-0.25, -0.2) is 4.79 Å². The van der Waals surface area contributed by atoms with Crippen molar-refractivity contribution in [3.8, 4) is 11.3 Å². The van der Waals surface area contributed by atoms with E-state index in [9.17, 15) is 9.59 Å². The number of aromatic amines is 1. The highest BCUT2D eigenvalue weighted by molar-refractivity contribution is 6.01. The molecule has 0 saturated carbocycles. The molecule has 6 nitrogen and oxygen atoms in total. The lowest BCUT2D eigenvalue weighted by Crippen LogP contribution is -2.13. The standard InChI is InChI=1S/C17H20N2O4/c1-3-22-13(20)10-12-14(17(21)23-4-2)15(18)16(19-12)11-8-6-5-7-9-11/h5-9,19H,3-4,10,18H2,1-2H3. The number of H-pyrrole nitrogens is 1. The molecule has 0 bridgehead atoms. The minimum atomic E-state index is -0.553. The van der Waals surface area contributed by atoms with Crippen LogP contribution in [0.15, 0.2) is 30.3 Å². The molecule has 0 aliphatic rings. The number of carbonyl (C=O) groups is 2. The van der Waals surface area contributed by atoms with E-state index < -0.39 is 11.9 Å². The molecule has 1 aromatic carbocycles. The molecule has 0 amide bonds. The van der Waals surface area contributed by atoms with Gasteiger partial charge in [0.2, 0.25) is 0 Å². The second-order valence-corrected chi connectivity index (χ2v) is 4.84. The first-order valence-electron chi connectivity index (χ1n) is 7.46. The predicted octanol–water partition coefficient (Wildman–Crippen LogP) is 2.55. The Balaban J connectivity index is 2.46. The van der Waals surface area contributed by atoms with Gasteiger partial charge in [0, 0.05) is 11.3 Å². The SMILES string of the molecule is CCOC(=O)Cc1[nH]c(-c2ccccc2)c(N)c1C(=O)OCC. The van der Waals surface area contributed by atoms with Crippen LogP contribution in [0.4, 0.5) is 5.69 Å². The minimum Gasteiger partial charge on any atom is -0.466 e. The molecule has 0 aliphatic carbocycles. The van der Waals surface area contributed by atoms with Gasteiger partial charge in [0.25, 0.3) is 0 Å². The van der Waals surface area contributed by atoms with Crippen molar-refractivity contribution in [3.63, 3.8) is 0 Å². The van der Waals surface area contributed by atoms with Gasteiger partial charge in [0.15, 0.2) is 0 Å². The molecule has 0 radical (unpaired) electrons. The number of esters is 2. The Morgan fingerprint density at radius 1 is 1.09 bits per heavy atom. The fourth-order valence-corrected chi connectivity index (χ4v) is 2.33. The lowest BCUT2D eigenvalue weighted by atomic mass is 10.1. The molecule has 2 rings (SSSR count). The highest BCUT2D eigenvalue weighted by Gasteiger charge is 2.24. The second kappa shape index (κ2) is 7.49. The number of nitrogens with two attached hydrogens (primary N) is 1. The smallest absolute Gasteiger partial charge is 0.342 e. The van der Waals surface area contributed by atoms with Gasteiger partial charge in [-0.15, -0.1) is 0 Å². The maximum absolute atomic E-state index is 12.2. The van der Waals surface area contributed by atoms with Gasteiger partial charge in [-0.1, -0.05) is 30.3 Å². The van der Waals surface area contributed by atoms with E-state index in [-0.39, 0.29) is 30.9 Å². The fraction of sp³-hybridized carbons (Fsp3) is 0.294. The highest BCUT2D eigenvalue weighted by atomic mass is 16.5. The highest BCUT2D eigenvalue weighted by Crippen LogP contribution is 2.31. The molecule has 0 atom stereocenters. The number of benzene rings is 1.